The first-order chi connectivity index (χ1) is 8.15. The molecule has 1 amide bonds. The van der Waals surface area contributed by atoms with Gasteiger partial charge in [0, 0.05) is 21.7 Å². The van der Waals surface area contributed by atoms with Crippen LogP contribution in [0.4, 0.5) is 0 Å². The summed E-state index contributed by atoms with van der Waals surface area (Å²) in [6.07, 6.45) is 2.58. The van der Waals surface area contributed by atoms with Crippen LogP contribution in [0.2, 0.25) is 5.02 Å². The normalized spacial score (nSPS) is 10.3. The summed E-state index contributed by atoms with van der Waals surface area (Å²) in [6.45, 7) is 0.835. The van der Waals surface area contributed by atoms with Crippen LogP contribution >= 0.6 is 34.2 Å². The molecule has 1 rings (SSSR count). The second-order valence-corrected chi connectivity index (χ2v) is 5.26. The Balaban J connectivity index is 2.44. The summed E-state index contributed by atoms with van der Waals surface area (Å²) in [4.78, 5) is 11.8. The van der Waals surface area contributed by atoms with Crippen molar-refractivity contribution in [3.63, 3.8) is 0 Å². The number of amides is 1. The van der Waals surface area contributed by atoms with Gasteiger partial charge in [0.15, 0.2) is 0 Å². The van der Waals surface area contributed by atoms with Gasteiger partial charge in [0.2, 0.25) is 0 Å². The zero-order valence-electron chi connectivity index (χ0n) is 9.38. The number of unbranched alkanes of at least 4 members (excludes halogenated alkanes) is 2. The van der Waals surface area contributed by atoms with Crippen LogP contribution < -0.4 is 5.32 Å². The minimum atomic E-state index is -0.0964. The van der Waals surface area contributed by atoms with E-state index in [0.717, 1.165) is 22.8 Å². The van der Waals surface area contributed by atoms with Gasteiger partial charge in [-0.2, -0.15) is 0 Å². The highest BCUT2D eigenvalue weighted by molar-refractivity contribution is 14.1. The van der Waals surface area contributed by atoms with Crippen molar-refractivity contribution in [2.24, 2.45) is 0 Å². The summed E-state index contributed by atoms with van der Waals surface area (Å²) in [5.41, 5.74) is 0.611. The van der Waals surface area contributed by atoms with Gasteiger partial charge in [0.05, 0.1) is 5.56 Å². The number of carbonyl (C=O) groups excluding carboxylic acids is 1. The van der Waals surface area contributed by atoms with Gasteiger partial charge in [-0.1, -0.05) is 11.6 Å². The third-order valence-electron chi connectivity index (χ3n) is 2.29. The number of halogens is 2. The molecule has 0 radical (unpaired) electrons. The molecule has 17 heavy (non-hydrogen) atoms. The van der Waals surface area contributed by atoms with Crippen LogP contribution in [-0.4, -0.2) is 24.2 Å². The maximum atomic E-state index is 11.8. The van der Waals surface area contributed by atoms with E-state index in [1.54, 1.807) is 12.1 Å². The Hall–Kier alpha value is -0.330. The van der Waals surface area contributed by atoms with E-state index in [4.69, 9.17) is 16.7 Å². The Morgan fingerprint density at radius 1 is 1.35 bits per heavy atom. The quantitative estimate of drug-likeness (QED) is 0.600. The number of rotatable bonds is 6. The van der Waals surface area contributed by atoms with Crippen molar-refractivity contribution < 1.29 is 9.90 Å². The highest BCUT2D eigenvalue weighted by atomic mass is 127. The Morgan fingerprint density at radius 2 is 2.12 bits per heavy atom. The van der Waals surface area contributed by atoms with Crippen LogP contribution in [0.15, 0.2) is 18.2 Å². The van der Waals surface area contributed by atoms with Gasteiger partial charge in [-0.05, 0) is 60.1 Å². The fourth-order valence-corrected chi connectivity index (χ4v) is 2.13. The molecular weight excluding hydrogens is 352 g/mol. The second-order valence-electron chi connectivity index (χ2n) is 3.66. The predicted octanol–water partition coefficient (Wildman–Crippen LogP) is 2.84. The van der Waals surface area contributed by atoms with E-state index in [1.165, 1.54) is 0 Å². The Morgan fingerprint density at radius 3 is 2.82 bits per heavy atom. The molecule has 1 aromatic rings. The molecule has 0 atom stereocenters. The molecule has 0 heterocycles. The maximum Gasteiger partial charge on any atom is 0.252 e. The minimum absolute atomic E-state index is 0.0964. The average molecular weight is 368 g/mol. The first-order valence-corrected chi connectivity index (χ1v) is 6.95. The first-order valence-electron chi connectivity index (χ1n) is 5.49. The number of aliphatic hydroxyl groups is 1. The zero-order chi connectivity index (χ0) is 12.7. The van der Waals surface area contributed by atoms with Gasteiger partial charge in [-0.25, -0.2) is 0 Å². The number of aliphatic hydroxyl groups excluding tert-OH is 1. The monoisotopic (exact) mass is 367 g/mol. The van der Waals surface area contributed by atoms with Crippen molar-refractivity contribution in [3.05, 3.63) is 32.4 Å². The van der Waals surface area contributed by atoms with E-state index in [-0.39, 0.29) is 12.5 Å². The molecule has 0 unspecified atom stereocenters. The highest BCUT2D eigenvalue weighted by Gasteiger charge is 2.09. The van der Waals surface area contributed by atoms with E-state index in [1.807, 2.05) is 6.07 Å². The van der Waals surface area contributed by atoms with E-state index in [2.05, 4.69) is 27.9 Å². The zero-order valence-corrected chi connectivity index (χ0v) is 12.3. The molecule has 0 aliphatic rings. The molecule has 0 saturated carbocycles. The van der Waals surface area contributed by atoms with Crippen LogP contribution in [0.25, 0.3) is 0 Å². The predicted molar refractivity (Wildman–Crippen MR) is 77.4 cm³/mol. The number of hydrogen-bond donors (Lipinski definition) is 2. The number of carbonyl (C=O) groups is 1. The van der Waals surface area contributed by atoms with Gasteiger partial charge in [-0.3, -0.25) is 4.79 Å². The lowest BCUT2D eigenvalue weighted by molar-refractivity contribution is 0.0952. The molecule has 0 aromatic heterocycles. The standard InChI is InChI=1S/C12H15ClINO2/c13-9-4-5-11(14)10(8-9)12(17)15-6-2-1-3-7-16/h4-5,8,16H,1-3,6-7H2,(H,15,17). The first kappa shape index (κ1) is 14.7. The van der Waals surface area contributed by atoms with E-state index >= 15 is 0 Å². The number of hydrogen-bond acceptors (Lipinski definition) is 2. The van der Waals surface area contributed by atoms with Gasteiger partial charge < -0.3 is 10.4 Å². The van der Waals surface area contributed by atoms with Crippen LogP contribution in [0.1, 0.15) is 29.6 Å². The highest BCUT2D eigenvalue weighted by Crippen LogP contribution is 2.17. The SMILES string of the molecule is O=C(NCCCCCO)c1cc(Cl)ccc1I. The molecule has 0 saturated heterocycles. The summed E-state index contributed by atoms with van der Waals surface area (Å²) in [6, 6.07) is 5.26. The van der Waals surface area contributed by atoms with Gasteiger partial charge in [0.25, 0.3) is 5.91 Å². The van der Waals surface area contributed by atoms with Crippen molar-refractivity contribution >= 4 is 40.1 Å². The smallest absolute Gasteiger partial charge is 0.252 e. The van der Waals surface area contributed by atoms with Gasteiger partial charge in [-0.15, -0.1) is 0 Å². The van der Waals surface area contributed by atoms with Crippen LogP contribution in [0, 0.1) is 3.57 Å². The lowest BCUT2D eigenvalue weighted by Gasteiger charge is -2.07. The van der Waals surface area contributed by atoms with Crippen molar-refractivity contribution in [1.29, 1.82) is 0 Å². The van der Waals surface area contributed by atoms with Crippen LogP contribution in [0.5, 0.6) is 0 Å². The number of benzene rings is 1. The van der Waals surface area contributed by atoms with E-state index in [0.29, 0.717) is 17.1 Å². The molecule has 0 spiro atoms. The fourth-order valence-electron chi connectivity index (χ4n) is 1.38. The van der Waals surface area contributed by atoms with Crippen molar-refractivity contribution in [1.82, 2.24) is 5.32 Å². The molecule has 0 bridgehead atoms. The Bertz CT molecular complexity index is 385. The van der Waals surface area contributed by atoms with Crippen molar-refractivity contribution in [3.8, 4) is 0 Å². The van der Waals surface area contributed by atoms with E-state index < -0.39 is 0 Å². The molecule has 0 fully saturated rings. The minimum Gasteiger partial charge on any atom is -0.396 e. The molecule has 3 nitrogen and oxygen atoms in total. The topological polar surface area (TPSA) is 49.3 Å². The summed E-state index contributed by atoms with van der Waals surface area (Å²) in [5.74, 6) is -0.0964. The summed E-state index contributed by atoms with van der Waals surface area (Å²) in [5, 5.41) is 12.0. The molecule has 2 N–H and O–H groups in total. The lowest BCUT2D eigenvalue weighted by atomic mass is 10.2. The molecule has 0 aliphatic heterocycles. The van der Waals surface area contributed by atoms with E-state index in [9.17, 15) is 4.79 Å². The molecule has 94 valence electrons. The second kappa shape index (κ2) is 7.89. The maximum absolute atomic E-state index is 11.8. The lowest BCUT2D eigenvalue weighted by Crippen LogP contribution is -2.25. The van der Waals surface area contributed by atoms with Crippen LogP contribution in [0.3, 0.4) is 0 Å². The van der Waals surface area contributed by atoms with Gasteiger partial charge in [0.1, 0.15) is 0 Å². The van der Waals surface area contributed by atoms with Crippen molar-refractivity contribution in [2.45, 2.75) is 19.3 Å². The molecule has 0 aliphatic carbocycles. The fraction of sp³-hybridized carbons (Fsp3) is 0.417. The number of nitrogens with one attached hydrogen (secondary N) is 1. The third kappa shape index (κ3) is 5.23. The summed E-state index contributed by atoms with van der Waals surface area (Å²) in [7, 11) is 0. The Kier molecular flexibility index (Phi) is 6.84. The largest absolute Gasteiger partial charge is 0.396 e. The van der Waals surface area contributed by atoms with Crippen LogP contribution in [-0.2, 0) is 0 Å². The average Bonchev–Trinajstić information content (AvgIpc) is 2.32. The summed E-state index contributed by atoms with van der Waals surface area (Å²) < 4.78 is 0.889. The third-order valence-corrected chi connectivity index (χ3v) is 3.47. The Labute approximate surface area is 120 Å². The molecule has 1 aromatic carbocycles. The molecular formula is C12H15ClINO2. The summed E-state index contributed by atoms with van der Waals surface area (Å²) >= 11 is 7.97. The molecule has 5 heteroatoms. The van der Waals surface area contributed by atoms with Gasteiger partial charge >= 0.3 is 0 Å². The van der Waals surface area contributed by atoms with Crippen molar-refractivity contribution in [2.75, 3.05) is 13.2 Å².